The van der Waals surface area contributed by atoms with Crippen LogP contribution in [0.25, 0.3) is 0 Å². The van der Waals surface area contributed by atoms with Crippen LogP contribution in [0.1, 0.15) is 26.7 Å². The van der Waals surface area contributed by atoms with Crippen molar-refractivity contribution in [3.8, 4) is 0 Å². The summed E-state index contributed by atoms with van der Waals surface area (Å²) in [6.45, 7) is 4.94. The van der Waals surface area contributed by atoms with Gasteiger partial charge in [-0.2, -0.15) is 0 Å². The monoisotopic (exact) mass is 305 g/mol. The molecule has 2 rings (SSSR count). The van der Waals surface area contributed by atoms with Gasteiger partial charge in [-0.25, -0.2) is 19.8 Å². The van der Waals surface area contributed by atoms with Gasteiger partial charge in [0.05, 0.1) is 6.04 Å². The molecule has 2 unspecified atom stereocenters. The lowest BCUT2D eigenvalue weighted by Gasteiger charge is -2.31. The summed E-state index contributed by atoms with van der Waals surface area (Å²) in [5.74, 6) is 0.329. The molecule has 2 atom stereocenters. The Morgan fingerprint density at radius 2 is 2.09 bits per heavy atom. The number of hydrazine groups is 1. The Kier molecular flexibility index (Phi) is 5.32. The van der Waals surface area contributed by atoms with Gasteiger partial charge in [0, 0.05) is 19.3 Å². The minimum atomic E-state index is -0.590. The highest BCUT2D eigenvalue weighted by Crippen LogP contribution is 2.17. The van der Waals surface area contributed by atoms with Gasteiger partial charge in [-0.15, -0.1) is 0 Å². The van der Waals surface area contributed by atoms with E-state index in [4.69, 9.17) is 5.73 Å². The van der Waals surface area contributed by atoms with E-state index in [0.29, 0.717) is 18.9 Å². The normalized spacial score (nSPS) is 17.2. The quantitative estimate of drug-likeness (QED) is 0.880. The van der Waals surface area contributed by atoms with Crippen LogP contribution in [0.3, 0.4) is 0 Å². The van der Waals surface area contributed by atoms with Gasteiger partial charge in [-0.05, 0) is 24.5 Å². The molecule has 1 aromatic rings. The minimum absolute atomic E-state index is 0.0776. The molecule has 3 amide bonds. The van der Waals surface area contributed by atoms with Crippen LogP contribution in [0.2, 0.25) is 0 Å². The van der Waals surface area contributed by atoms with Crippen LogP contribution in [0.5, 0.6) is 0 Å². The lowest BCUT2D eigenvalue weighted by Crippen LogP contribution is -2.53. The van der Waals surface area contributed by atoms with Gasteiger partial charge in [0.25, 0.3) is 5.91 Å². The van der Waals surface area contributed by atoms with Gasteiger partial charge in [-0.3, -0.25) is 10.1 Å². The first-order chi connectivity index (χ1) is 10.5. The number of urea groups is 1. The fourth-order valence-corrected chi connectivity index (χ4v) is 2.33. The van der Waals surface area contributed by atoms with Gasteiger partial charge in [0.1, 0.15) is 5.82 Å². The number of hydrogen-bond acceptors (Lipinski definition) is 4. The predicted molar refractivity (Wildman–Crippen MR) is 83.7 cm³/mol. The molecule has 0 aliphatic carbocycles. The lowest BCUT2D eigenvalue weighted by atomic mass is 9.99. The van der Waals surface area contributed by atoms with Crippen molar-refractivity contribution in [1.82, 2.24) is 15.0 Å². The number of carbonyl (C=O) groups is 2. The van der Waals surface area contributed by atoms with Gasteiger partial charge in [-0.1, -0.05) is 26.3 Å². The van der Waals surface area contributed by atoms with Gasteiger partial charge in [0.2, 0.25) is 0 Å². The summed E-state index contributed by atoms with van der Waals surface area (Å²) in [4.78, 5) is 28.9. The topological polar surface area (TPSA) is 91.6 Å². The molecule has 1 fully saturated rings. The zero-order valence-corrected chi connectivity index (χ0v) is 13.0. The smallest absolute Gasteiger partial charge is 0.320 e. The summed E-state index contributed by atoms with van der Waals surface area (Å²) >= 11 is 0. The molecule has 1 saturated heterocycles. The molecule has 0 spiro atoms. The van der Waals surface area contributed by atoms with Crippen molar-refractivity contribution in [2.75, 3.05) is 18.4 Å². The Balaban J connectivity index is 2.03. The minimum Gasteiger partial charge on any atom is -0.320 e. The number of pyridine rings is 1. The standard InChI is InChI=1S/C15H23N5O2/c1-3-11(2)13(16)14(21)19-9-6-10-20(19)15(22)18-12-7-4-5-8-17-12/h4-5,7-8,11,13H,3,6,9-10,16H2,1-2H3,(H,17,18,22). The fraction of sp³-hybridized carbons (Fsp3) is 0.533. The van der Waals surface area contributed by atoms with E-state index in [1.54, 1.807) is 24.4 Å². The zero-order valence-electron chi connectivity index (χ0n) is 13.0. The summed E-state index contributed by atoms with van der Waals surface area (Å²) in [6.07, 6.45) is 3.16. The predicted octanol–water partition coefficient (Wildman–Crippen LogP) is 1.44. The summed E-state index contributed by atoms with van der Waals surface area (Å²) in [7, 11) is 0. The number of carbonyl (C=O) groups excluding carboxylic acids is 2. The van der Waals surface area contributed by atoms with Crippen LogP contribution < -0.4 is 11.1 Å². The largest absolute Gasteiger partial charge is 0.341 e. The molecule has 3 N–H and O–H groups in total. The fourth-order valence-electron chi connectivity index (χ4n) is 2.33. The van der Waals surface area contributed by atoms with E-state index >= 15 is 0 Å². The third kappa shape index (κ3) is 3.54. The molecule has 1 aromatic heterocycles. The number of nitrogens with zero attached hydrogens (tertiary/aromatic N) is 3. The SMILES string of the molecule is CCC(C)C(N)C(=O)N1CCCN1C(=O)Nc1ccccn1. The van der Waals surface area contributed by atoms with E-state index in [0.717, 1.165) is 12.8 Å². The molecule has 7 heteroatoms. The molecule has 2 heterocycles. The number of anilines is 1. The molecule has 0 saturated carbocycles. The maximum atomic E-state index is 12.5. The van der Waals surface area contributed by atoms with Crippen LogP contribution in [-0.4, -0.2) is 46.1 Å². The summed E-state index contributed by atoms with van der Waals surface area (Å²) in [6, 6.07) is 4.31. The second-order valence-corrected chi connectivity index (χ2v) is 5.49. The average molecular weight is 305 g/mol. The van der Waals surface area contributed by atoms with Crippen molar-refractivity contribution in [2.45, 2.75) is 32.7 Å². The van der Waals surface area contributed by atoms with Crippen LogP contribution in [0.15, 0.2) is 24.4 Å². The molecule has 22 heavy (non-hydrogen) atoms. The Morgan fingerprint density at radius 1 is 1.36 bits per heavy atom. The highest BCUT2D eigenvalue weighted by Gasteiger charge is 2.34. The Hall–Kier alpha value is -2.15. The van der Waals surface area contributed by atoms with Crippen LogP contribution in [0, 0.1) is 5.92 Å². The van der Waals surface area contributed by atoms with Gasteiger partial charge < -0.3 is 5.73 Å². The number of nitrogens with one attached hydrogen (secondary N) is 1. The van der Waals surface area contributed by atoms with Crippen molar-refractivity contribution in [2.24, 2.45) is 11.7 Å². The molecular weight excluding hydrogens is 282 g/mol. The van der Waals surface area contributed by atoms with Crippen molar-refractivity contribution in [3.63, 3.8) is 0 Å². The summed E-state index contributed by atoms with van der Waals surface area (Å²) < 4.78 is 0. The number of hydrogen-bond donors (Lipinski definition) is 2. The Labute approximate surface area is 130 Å². The summed E-state index contributed by atoms with van der Waals surface area (Å²) in [5, 5.41) is 5.56. The number of rotatable bonds is 4. The maximum absolute atomic E-state index is 12.5. The number of nitrogens with two attached hydrogens (primary N) is 1. The molecule has 120 valence electrons. The van der Waals surface area contributed by atoms with Crippen molar-refractivity contribution < 1.29 is 9.59 Å². The van der Waals surface area contributed by atoms with E-state index < -0.39 is 6.04 Å². The summed E-state index contributed by atoms with van der Waals surface area (Å²) in [5.41, 5.74) is 6.00. The molecule has 1 aliphatic rings. The van der Waals surface area contributed by atoms with Crippen molar-refractivity contribution in [3.05, 3.63) is 24.4 Å². The van der Waals surface area contributed by atoms with E-state index in [9.17, 15) is 9.59 Å². The number of aromatic nitrogens is 1. The van der Waals surface area contributed by atoms with Crippen LogP contribution in [0.4, 0.5) is 10.6 Å². The molecular formula is C15H23N5O2. The molecule has 0 aromatic carbocycles. The van der Waals surface area contributed by atoms with E-state index in [-0.39, 0.29) is 17.9 Å². The van der Waals surface area contributed by atoms with Crippen LogP contribution >= 0.6 is 0 Å². The van der Waals surface area contributed by atoms with E-state index in [2.05, 4.69) is 10.3 Å². The average Bonchev–Trinajstić information content (AvgIpc) is 3.03. The zero-order chi connectivity index (χ0) is 16.1. The Morgan fingerprint density at radius 3 is 2.73 bits per heavy atom. The van der Waals surface area contributed by atoms with Crippen LogP contribution in [-0.2, 0) is 4.79 Å². The van der Waals surface area contributed by atoms with E-state index in [1.807, 2.05) is 13.8 Å². The first kappa shape index (κ1) is 16.2. The third-order valence-electron chi connectivity index (χ3n) is 3.96. The number of amides is 3. The van der Waals surface area contributed by atoms with Gasteiger partial charge >= 0.3 is 6.03 Å². The second-order valence-electron chi connectivity index (χ2n) is 5.49. The first-order valence-corrected chi connectivity index (χ1v) is 7.61. The highest BCUT2D eigenvalue weighted by atomic mass is 16.2. The highest BCUT2D eigenvalue weighted by molar-refractivity contribution is 5.91. The Bertz CT molecular complexity index is 522. The second kappa shape index (κ2) is 7.22. The first-order valence-electron chi connectivity index (χ1n) is 7.61. The van der Waals surface area contributed by atoms with Crippen molar-refractivity contribution in [1.29, 1.82) is 0 Å². The molecule has 0 bridgehead atoms. The molecule has 1 aliphatic heterocycles. The van der Waals surface area contributed by atoms with E-state index in [1.165, 1.54) is 10.0 Å². The van der Waals surface area contributed by atoms with Crippen molar-refractivity contribution >= 4 is 17.8 Å². The maximum Gasteiger partial charge on any atom is 0.341 e. The lowest BCUT2D eigenvalue weighted by molar-refractivity contribution is -0.142. The third-order valence-corrected chi connectivity index (χ3v) is 3.96. The molecule has 0 radical (unpaired) electrons. The van der Waals surface area contributed by atoms with Gasteiger partial charge in [0.15, 0.2) is 0 Å². The molecule has 7 nitrogen and oxygen atoms in total.